The summed E-state index contributed by atoms with van der Waals surface area (Å²) in [7, 11) is 0. The van der Waals surface area contributed by atoms with Gasteiger partial charge in [-0.3, -0.25) is 0 Å². The van der Waals surface area contributed by atoms with Gasteiger partial charge in [0, 0.05) is 0 Å². The number of hydrogen-bond donors (Lipinski definition) is 0. The minimum Gasteiger partial charge on any atom is -0.757 e. The summed E-state index contributed by atoms with van der Waals surface area (Å²) in [4.78, 5) is 0. The van der Waals surface area contributed by atoms with Crippen molar-refractivity contribution in [3.63, 3.8) is 0 Å². The van der Waals surface area contributed by atoms with Crippen LogP contribution in [0.15, 0.2) is 14.7 Å². The first-order valence-corrected chi connectivity index (χ1v) is 2.29. The Morgan fingerprint density at radius 2 is 1.33 bits per heavy atom. The van der Waals surface area contributed by atoms with Gasteiger partial charge in [-0.25, -0.2) is 4.63 Å². The van der Waals surface area contributed by atoms with Gasteiger partial charge in [0.25, 0.3) is 0 Å². The van der Waals surface area contributed by atoms with Crippen molar-refractivity contribution in [1.82, 2.24) is 10.3 Å². The van der Waals surface area contributed by atoms with Crippen molar-refractivity contribution in [2.75, 3.05) is 0 Å². The molecule has 1 rings (SSSR count). The summed E-state index contributed by atoms with van der Waals surface area (Å²) >= 11 is 9.03. The Morgan fingerprint density at radius 3 is 1.44 bits per heavy atom. The molecule has 1 heterocycles. The van der Waals surface area contributed by atoms with Gasteiger partial charge in [0.1, 0.15) is 0 Å². The third-order valence-corrected chi connectivity index (χ3v) is 1.10. The van der Waals surface area contributed by atoms with Crippen LogP contribution in [0.25, 0.3) is 0 Å². The van der Waals surface area contributed by atoms with Crippen LogP contribution in [0.2, 0.25) is 0 Å². The van der Waals surface area contributed by atoms with Gasteiger partial charge >= 0.3 is 37.7 Å². The number of rotatable bonds is 0. The van der Waals surface area contributed by atoms with Crippen LogP contribution in [0.5, 0.6) is 0 Å². The maximum atomic E-state index is 4.52. The zero-order valence-electron chi connectivity index (χ0n) is 5.12. The summed E-state index contributed by atoms with van der Waals surface area (Å²) in [6.07, 6.45) is 0. The molecule has 0 aliphatic carbocycles. The van der Waals surface area contributed by atoms with Crippen LogP contribution in [0.4, 0.5) is 0 Å². The topological polar surface area (TPSA) is 38.9 Å². The minimum absolute atomic E-state index is 0. The molecular weight excluding hydrogens is 146 g/mol. The summed E-state index contributed by atoms with van der Waals surface area (Å²) in [5.41, 5.74) is 0. The predicted molar refractivity (Wildman–Crippen MR) is 25.6 cm³/mol. The van der Waals surface area contributed by atoms with Gasteiger partial charge < -0.3 is 25.3 Å². The van der Waals surface area contributed by atoms with Crippen molar-refractivity contribution < 1.29 is 42.4 Å². The zero-order chi connectivity index (χ0) is 5.28. The van der Waals surface area contributed by atoms with Gasteiger partial charge in [0.2, 0.25) is 0 Å². The molecule has 0 atom stereocenters. The van der Waals surface area contributed by atoms with Gasteiger partial charge in [-0.1, -0.05) is 10.3 Å². The molecule has 7 heteroatoms. The third-order valence-electron chi connectivity index (χ3n) is 0.430. The Morgan fingerprint density at radius 1 is 1.00 bits per heavy atom. The van der Waals surface area contributed by atoms with E-state index in [0.29, 0.717) is 0 Å². The number of hydrogen-bond acceptors (Lipinski definition) is 5. The molecular formula is C2Li2N2OS2. The van der Waals surface area contributed by atoms with E-state index in [4.69, 9.17) is 0 Å². The standard InChI is InChI=1S/C2H2N2OS2.2Li/c6-1-2(7)4-5-3-1;;/h(H,3,6)(H,4,7);;/q;2*+1/p-2. The molecule has 0 radical (unpaired) electrons. The largest absolute Gasteiger partial charge is 1.00 e. The van der Waals surface area contributed by atoms with E-state index in [2.05, 4.69) is 40.2 Å². The second-order valence-electron chi connectivity index (χ2n) is 0.875. The Labute approximate surface area is 87.5 Å². The molecule has 0 bridgehead atoms. The maximum Gasteiger partial charge on any atom is 1.00 e. The van der Waals surface area contributed by atoms with E-state index in [-0.39, 0.29) is 47.8 Å². The van der Waals surface area contributed by atoms with E-state index in [1.165, 1.54) is 0 Å². The van der Waals surface area contributed by atoms with Crippen molar-refractivity contribution in [3.05, 3.63) is 0 Å². The molecule has 9 heavy (non-hydrogen) atoms. The Balaban J connectivity index is 0. The summed E-state index contributed by atoms with van der Waals surface area (Å²) in [5, 5.41) is 7.00. The monoisotopic (exact) mass is 146 g/mol. The van der Waals surface area contributed by atoms with Crippen LogP contribution in [0.3, 0.4) is 0 Å². The zero-order valence-corrected chi connectivity index (χ0v) is 6.75. The molecule has 0 saturated heterocycles. The molecule has 0 aliphatic rings. The molecule has 38 valence electrons. The average molecular weight is 146 g/mol. The van der Waals surface area contributed by atoms with E-state index in [1.54, 1.807) is 0 Å². The van der Waals surface area contributed by atoms with E-state index in [9.17, 15) is 0 Å². The van der Waals surface area contributed by atoms with Crippen LogP contribution in [0.1, 0.15) is 0 Å². The third kappa shape index (κ3) is 3.47. The van der Waals surface area contributed by atoms with E-state index >= 15 is 0 Å². The molecule has 0 spiro atoms. The molecule has 1 aromatic heterocycles. The fourth-order valence-electron chi connectivity index (χ4n) is 0.173. The SMILES string of the molecule is [Li+].[Li+].[S-]c1nonc1[S-]. The normalized spacial score (nSPS) is 7.11. The molecule has 0 saturated carbocycles. The fourth-order valence-corrected chi connectivity index (χ4v) is 0.314. The van der Waals surface area contributed by atoms with Crippen molar-refractivity contribution >= 4 is 25.3 Å². The van der Waals surface area contributed by atoms with E-state index in [0.717, 1.165) is 0 Å². The first-order valence-electron chi connectivity index (χ1n) is 1.47. The smallest absolute Gasteiger partial charge is 0.757 e. The molecule has 0 aliphatic heterocycles. The van der Waals surface area contributed by atoms with Crippen LogP contribution >= 0.6 is 0 Å². The summed E-state index contributed by atoms with van der Waals surface area (Å²) in [5.74, 6) is 0. The van der Waals surface area contributed by atoms with Gasteiger partial charge in [0.05, 0.1) is 0 Å². The summed E-state index contributed by atoms with van der Waals surface area (Å²) < 4.78 is 4.14. The summed E-state index contributed by atoms with van der Waals surface area (Å²) in [6, 6.07) is 0. The van der Waals surface area contributed by atoms with Crippen molar-refractivity contribution in [2.24, 2.45) is 0 Å². The second-order valence-corrected chi connectivity index (χ2v) is 1.65. The Kier molecular flexibility index (Phi) is 7.68. The number of nitrogens with zero attached hydrogens (tertiary/aromatic N) is 2. The first-order chi connectivity index (χ1) is 3.30. The van der Waals surface area contributed by atoms with Gasteiger partial charge in [-0.2, -0.15) is 0 Å². The fraction of sp³-hybridized carbons (Fsp3) is 0. The molecule has 0 fully saturated rings. The molecule has 1 aromatic rings. The Hall–Kier alpha value is 0.775. The minimum atomic E-state index is 0. The second kappa shape index (κ2) is 5.55. The molecule has 0 aromatic carbocycles. The predicted octanol–water partition coefficient (Wildman–Crippen LogP) is -6.11. The average Bonchev–Trinajstić information content (AvgIpc) is 1.91. The Bertz CT molecular complexity index is 153. The van der Waals surface area contributed by atoms with Gasteiger partial charge in [-0.15, -0.1) is 0 Å². The molecule has 0 N–H and O–H groups in total. The molecule has 0 unspecified atom stereocenters. The van der Waals surface area contributed by atoms with Crippen molar-refractivity contribution in [2.45, 2.75) is 10.1 Å². The van der Waals surface area contributed by atoms with Crippen LogP contribution < -0.4 is 37.7 Å². The summed E-state index contributed by atoms with van der Waals surface area (Å²) in [6.45, 7) is 0. The van der Waals surface area contributed by atoms with E-state index in [1.807, 2.05) is 0 Å². The van der Waals surface area contributed by atoms with Gasteiger partial charge in [0.15, 0.2) is 0 Å². The van der Waals surface area contributed by atoms with Crippen molar-refractivity contribution in [3.8, 4) is 0 Å². The van der Waals surface area contributed by atoms with Crippen LogP contribution in [-0.4, -0.2) is 10.3 Å². The maximum absolute atomic E-state index is 4.52. The number of aromatic nitrogens is 2. The van der Waals surface area contributed by atoms with Crippen LogP contribution in [-0.2, 0) is 25.3 Å². The van der Waals surface area contributed by atoms with E-state index < -0.39 is 0 Å². The molecule has 0 amide bonds. The van der Waals surface area contributed by atoms with Gasteiger partial charge in [-0.05, 0) is 10.1 Å². The van der Waals surface area contributed by atoms with Crippen molar-refractivity contribution in [1.29, 1.82) is 0 Å². The first kappa shape index (κ1) is 12.5. The quantitative estimate of drug-likeness (QED) is 0.269. The van der Waals surface area contributed by atoms with Crippen LogP contribution in [0, 0.1) is 0 Å². The molecule has 3 nitrogen and oxygen atoms in total.